The van der Waals surface area contributed by atoms with Crippen LogP contribution in [0.25, 0.3) is 10.8 Å². The standard InChI is InChI=1S/C12H10N2O6/c1-19-11(17)8-5-3-4-6(15)10(16)7(5)9(14-13-8)12(18)20-2/h3-4,15-16H,1-2H3. The molecule has 0 aliphatic rings. The lowest BCUT2D eigenvalue weighted by molar-refractivity contribution is 0.0577. The number of methoxy groups -OCH3 is 2. The van der Waals surface area contributed by atoms with E-state index >= 15 is 0 Å². The molecule has 0 aliphatic heterocycles. The Labute approximate surface area is 112 Å². The molecule has 2 aromatic rings. The highest BCUT2D eigenvalue weighted by atomic mass is 16.5. The van der Waals surface area contributed by atoms with Gasteiger partial charge >= 0.3 is 11.9 Å². The van der Waals surface area contributed by atoms with Crippen molar-refractivity contribution < 1.29 is 29.3 Å². The third-order valence-corrected chi connectivity index (χ3v) is 2.66. The van der Waals surface area contributed by atoms with Crippen molar-refractivity contribution in [2.24, 2.45) is 0 Å². The van der Waals surface area contributed by atoms with E-state index in [9.17, 15) is 19.8 Å². The topological polar surface area (TPSA) is 119 Å². The van der Waals surface area contributed by atoms with E-state index in [-0.39, 0.29) is 22.2 Å². The van der Waals surface area contributed by atoms with E-state index in [4.69, 9.17) is 0 Å². The van der Waals surface area contributed by atoms with E-state index in [0.29, 0.717) is 0 Å². The molecule has 0 saturated heterocycles. The first kappa shape index (κ1) is 13.5. The third kappa shape index (κ3) is 1.96. The maximum Gasteiger partial charge on any atom is 0.359 e. The zero-order chi connectivity index (χ0) is 14.9. The lowest BCUT2D eigenvalue weighted by atomic mass is 10.1. The summed E-state index contributed by atoms with van der Waals surface area (Å²) in [7, 11) is 2.29. The first-order valence-electron chi connectivity index (χ1n) is 5.39. The molecule has 0 spiro atoms. The molecule has 0 radical (unpaired) electrons. The van der Waals surface area contributed by atoms with E-state index in [1.165, 1.54) is 6.07 Å². The van der Waals surface area contributed by atoms with Crippen LogP contribution in [0.15, 0.2) is 12.1 Å². The number of rotatable bonds is 2. The summed E-state index contributed by atoms with van der Waals surface area (Å²) < 4.78 is 9.05. The number of aromatic nitrogens is 2. The Hall–Kier alpha value is -2.90. The molecule has 0 saturated carbocycles. The summed E-state index contributed by atoms with van der Waals surface area (Å²) in [4.78, 5) is 23.2. The number of phenols is 2. The molecule has 104 valence electrons. The highest BCUT2D eigenvalue weighted by Crippen LogP contribution is 2.36. The fourth-order valence-electron chi connectivity index (χ4n) is 1.71. The van der Waals surface area contributed by atoms with Crippen molar-refractivity contribution in [3.63, 3.8) is 0 Å². The Kier molecular flexibility index (Phi) is 3.38. The van der Waals surface area contributed by atoms with Gasteiger partial charge < -0.3 is 19.7 Å². The number of hydrogen-bond donors (Lipinski definition) is 2. The predicted octanol–water partition coefficient (Wildman–Crippen LogP) is 0.614. The second kappa shape index (κ2) is 5.00. The maximum absolute atomic E-state index is 11.6. The van der Waals surface area contributed by atoms with Gasteiger partial charge in [0.25, 0.3) is 0 Å². The van der Waals surface area contributed by atoms with Crippen LogP contribution in [0.1, 0.15) is 21.0 Å². The van der Waals surface area contributed by atoms with Gasteiger partial charge in [0.15, 0.2) is 22.9 Å². The minimum Gasteiger partial charge on any atom is -0.504 e. The van der Waals surface area contributed by atoms with Gasteiger partial charge in [-0.25, -0.2) is 9.59 Å². The van der Waals surface area contributed by atoms with Crippen LogP contribution < -0.4 is 0 Å². The molecule has 1 aromatic heterocycles. The summed E-state index contributed by atoms with van der Waals surface area (Å²) in [6, 6.07) is 2.48. The third-order valence-electron chi connectivity index (χ3n) is 2.66. The number of ether oxygens (including phenoxy) is 2. The molecule has 0 fully saturated rings. The number of esters is 2. The second-order valence-electron chi connectivity index (χ2n) is 3.74. The smallest absolute Gasteiger partial charge is 0.359 e. The summed E-state index contributed by atoms with van der Waals surface area (Å²) >= 11 is 0. The summed E-state index contributed by atoms with van der Waals surface area (Å²) in [5.41, 5.74) is -0.506. The molecule has 0 atom stereocenters. The normalized spacial score (nSPS) is 10.3. The minimum absolute atomic E-state index is 0.113. The van der Waals surface area contributed by atoms with Gasteiger partial charge in [-0.2, -0.15) is 0 Å². The van der Waals surface area contributed by atoms with Crippen LogP contribution in [0.4, 0.5) is 0 Å². The number of fused-ring (bicyclic) bond motifs is 1. The molecule has 2 rings (SSSR count). The van der Waals surface area contributed by atoms with Gasteiger partial charge in [0.2, 0.25) is 0 Å². The van der Waals surface area contributed by atoms with Crippen LogP contribution in [0, 0.1) is 0 Å². The quantitative estimate of drug-likeness (QED) is 0.606. The first-order chi connectivity index (χ1) is 9.51. The second-order valence-corrected chi connectivity index (χ2v) is 3.74. The van der Waals surface area contributed by atoms with E-state index < -0.39 is 23.4 Å². The minimum atomic E-state index is -0.861. The average molecular weight is 278 g/mol. The van der Waals surface area contributed by atoms with Crippen LogP contribution in [0.2, 0.25) is 0 Å². The number of nitrogens with zero attached hydrogens (tertiary/aromatic N) is 2. The summed E-state index contributed by atoms with van der Waals surface area (Å²) in [6.07, 6.45) is 0. The molecular weight excluding hydrogens is 268 g/mol. The van der Waals surface area contributed by atoms with Crippen LogP contribution in [-0.2, 0) is 9.47 Å². The van der Waals surface area contributed by atoms with Gasteiger partial charge in [-0.15, -0.1) is 10.2 Å². The van der Waals surface area contributed by atoms with Crippen molar-refractivity contribution in [1.82, 2.24) is 10.2 Å². The van der Waals surface area contributed by atoms with Crippen LogP contribution >= 0.6 is 0 Å². The highest BCUT2D eigenvalue weighted by molar-refractivity contribution is 6.11. The molecule has 2 N–H and O–H groups in total. The van der Waals surface area contributed by atoms with Gasteiger partial charge in [-0.3, -0.25) is 0 Å². The molecule has 0 amide bonds. The highest BCUT2D eigenvalue weighted by Gasteiger charge is 2.23. The van der Waals surface area contributed by atoms with Crippen molar-refractivity contribution in [3.8, 4) is 11.5 Å². The fourth-order valence-corrected chi connectivity index (χ4v) is 1.71. The Morgan fingerprint density at radius 3 is 2.15 bits per heavy atom. The average Bonchev–Trinajstić information content (AvgIpc) is 2.48. The Morgan fingerprint density at radius 1 is 1.00 bits per heavy atom. The molecule has 1 aromatic carbocycles. The summed E-state index contributed by atoms with van der Waals surface area (Å²) in [5.74, 6) is -2.71. The molecular formula is C12H10N2O6. The zero-order valence-electron chi connectivity index (χ0n) is 10.6. The molecule has 8 nitrogen and oxygen atoms in total. The van der Waals surface area contributed by atoms with Gasteiger partial charge in [-0.05, 0) is 12.1 Å². The molecule has 0 bridgehead atoms. The Bertz CT molecular complexity index is 713. The lowest BCUT2D eigenvalue weighted by Gasteiger charge is -2.09. The van der Waals surface area contributed by atoms with Crippen molar-refractivity contribution in [1.29, 1.82) is 0 Å². The fraction of sp³-hybridized carbons (Fsp3) is 0.167. The number of carbonyl (C=O) groups excluding carboxylic acids is 2. The molecule has 20 heavy (non-hydrogen) atoms. The molecule has 0 unspecified atom stereocenters. The van der Waals surface area contributed by atoms with E-state index in [2.05, 4.69) is 19.7 Å². The van der Waals surface area contributed by atoms with Crippen molar-refractivity contribution in [2.45, 2.75) is 0 Å². The molecule has 8 heteroatoms. The van der Waals surface area contributed by atoms with Crippen LogP contribution in [-0.4, -0.2) is 46.6 Å². The van der Waals surface area contributed by atoms with E-state index in [1.54, 1.807) is 0 Å². The monoisotopic (exact) mass is 278 g/mol. The van der Waals surface area contributed by atoms with Crippen molar-refractivity contribution >= 4 is 22.7 Å². The predicted molar refractivity (Wildman–Crippen MR) is 65.5 cm³/mol. The number of benzene rings is 1. The van der Waals surface area contributed by atoms with Crippen molar-refractivity contribution in [2.75, 3.05) is 14.2 Å². The maximum atomic E-state index is 11.6. The largest absolute Gasteiger partial charge is 0.504 e. The first-order valence-corrected chi connectivity index (χ1v) is 5.39. The van der Waals surface area contributed by atoms with Gasteiger partial charge in [-0.1, -0.05) is 0 Å². The number of aromatic hydroxyl groups is 2. The van der Waals surface area contributed by atoms with Crippen LogP contribution in [0.5, 0.6) is 11.5 Å². The SMILES string of the molecule is COC(=O)c1nnc(C(=O)OC)c2c(O)c(O)ccc12. The Balaban J connectivity index is 2.89. The Morgan fingerprint density at radius 2 is 1.55 bits per heavy atom. The number of hydrogen-bond acceptors (Lipinski definition) is 8. The number of carbonyl (C=O) groups is 2. The molecule has 1 heterocycles. The molecule has 0 aliphatic carbocycles. The van der Waals surface area contributed by atoms with Gasteiger partial charge in [0.05, 0.1) is 19.6 Å². The van der Waals surface area contributed by atoms with Gasteiger partial charge in [0, 0.05) is 5.39 Å². The lowest BCUT2D eigenvalue weighted by Crippen LogP contribution is -2.12. The van der Waals surface area contributed by atoms with Crippen LogP contribution in [0.3, 0.4) is 0 Å². The number of phenolic OH excluding ortho intramolecular Hbond substituents is 2. The van der Waals surface area contributed by atoms with Crippen molar-refractivity contribution in [3.05, 3.63) is 23.5 Å². The van der Waals surface area contributed by atoms with E-state index in [0.717, 1.165) is 20.3 Å². The van der Waals surface area contributed by atoms with Gasteiger partial charge in [0.1, 0.15) is 0 Å². The summed E-state index contributed by atoms with van der Waals surface area (Å²) in [6.45, 7) is 0. The summed E-state index contributed by atoms with van der Waals surface area (Å²) in [5, 5.41) is 26.5. The van der Waals surface area contributed by atoms with E-state index in [1.807, 2.05) is 0 Å². The zero-order valence-corrected chi connectivity index (χ0v) is 10.6.